The number of benzene rings is 2. The van der Waals surface area contributed by atoms with Crippen molar-refractivity contribution in [2.45, 2.75) is 103 Å². The Morgan fingerprint density at radius 1 is 0.771 bits per heavy atom. The van der Waals surface area contributed by atoms with Crippen molar-refractivity contribution in [3.8, 4) is 0 Å². The van der Waals surface area contributed by atoms with Crippen LogP contribution in [0.15, 0.2) is 60.7 Å². The summed E-state index contributed by atoms with van der Waals surface area (Å²) in [4.78, 5) is 48.8. The van der Waals surface area contributed by atoms with Crippen LogP contribution in [-0.4, -0.2) is 93.4 Å². The molecule has 0 amide bonds. The molecule has 13 heteroatoms. The van der Waals surface area contributed by atoms with E-state index in [4.69, 9.17) is 32.8 Å². The topological polar surface area (TPSA) is 153 Å². The molecule has 2 aromatic carbocycles. The van der Waals surface area contributed by atoms with E-state index in [9.17, 15) is 24.3 Å². The zero-order chi connectivity index (χ0) is 35.9. The largest absolute Gasteiger partial charge is 0.463 e. The lowest BCUT2D eigenvalue weighted by Gasteiger charge is -2.54. The average Bonchev–Trinajstić information content (AvgIpc) is 3.01. The summed E-state index contributed by atoms with van der Waals surface area (Å²) < 4.78 is 41.0. The smallest absolute Gasteiger partial charge is 0.303 e. The molecule has 1 aliphatic rings. The third kappa shape index (κ3) is 8.32. The standard InChI is InChI=1S/C35H48O12Si/c1-23(36)42-22-29-30(44-24(2)37)31(45-25(3)38)32(46-26(4)39)35(40,47-29)34(8,41-9)20-21-43-48(33(5,6)7,27-16-12-10-13-17-27)28-18-14-11-15-19-28/h10-19,29-32,40H,20-22H2,1-9H3/t29-,30-,31+,32-,34?,35+/m1/s1. The maximum atomic E-state index is 12.6. The molecule has 0 bridgehead atoms. The van der Waals surface area contributed by atoms with Crippen LogP contribution >= 0.6 is 0 Å². The molecule has 0 saturated carbocycles. The number of carbonyl (C=O) groups is 4. The van der Waals surface area contributed by atoms with Gasteiger partial charge < -0.3 is 38.0 Å². The van der Waals surface area contributed by atoms with E-state index in [-0.39, 0.29) is 18.1 Å². The Kier molecular flexibility index (Phi) is 12.7. The number of carbonyl (C=O) groups excluding carboxylic acids is 4. The molecule has 6 atom stereocenters. The average molecular weight is 689 g/mol. The summed E-state index contributed by atoms with van der Waals surface area (Å²) in [5.41, 5.74) is -1.72. The molecule has 12 nitrogen and oxygen atoms in total. The van der Waals surface area contributed by atoms with Crippen LogP contribution in [0, 0.1) is 0 Å². The number of hydrogen-bond acceptors (Lipinski definition) is 12. The van der Waals surface area contributed by atoms with E-state index in [0.29, 0.717) is 0 Å². The summed E-state index contributed by atoms with van der Waals surface area (Å²) >= 11 is 0. The lowest BCUT2D eigenvalue weighted by Crippen LogP contribution is -2.75. The Morgan fingerprint density at radius 2 is 1.25 bits per heavy atom. The molecular formula is C35H48O12Si. The zero-order valence-corrected chi connectivity index (χ0v) is 30.1. The van der Waals surface area contributed by atoms with Gasteiger partial charge in [-0.25, -0.2) is 0 Å². The van der Waals surface area contributed by atoms with Crippen molar-refractivity contribution < 1.29 is 57.1 Å². The minimum atomic E-state index is -3.03. The van der Waals surface area contributed by atoms with Crippen LogP contribution in [0.2, 0.25) is 5.04 Å². The second kappa shape index (κ2) is 15.7. The van der Waals surface area contributed by atoms with Crippen LogP contribution < -0.4 is 10.4 Å². The lowest BCUT2D eigenvalue weighted by molar-refractivity contribution is -0.401. The first kappa shape index (κ1) is 38.8. The highest BCUT2D eigenvalue weighted by atomic mass is 28.4. The molecule has 1 N–H and O–H groups in total. The van der Waals surface area contributed by atoms with Gasteiger partial charge in [0.25, 0.3) is 8.32 Å². The van der Waals surface area contributed by atoms with Crippen LogP contribution in [0.4, 0.5) is 0 Å². The van der Waals surface area contributed by atoms with E-state index < -0.39 is 74.6 Å². The highest BCUT2D eigenvalue weighted by Crippen LogP contribution is 2.44. The van der Waals surface area contributed by atoms with Gasteiger partial charge in [-0.3, -0.25) is 19.2 Å². The van der Waals surface area contributed by atoms with Gasteiger partial charge in [-0.15, -0.1) is 0 Å². The van der Waals surface area contributed by atoms with Crippen molar-refractivity contribution in [2.75, 3.05) is 20.3 Å². The van der Waals surface area contributed by atoms with Gasteiger partial charge in [0.2, 0.25) is 5.79 Å². The highest BCUT2D eigenvalue weighted by molar-refractivity contribution is 6.99. The fourth-order valence-corrected chi connectivity index (χ4v) is 10.9. The molecule has 0 spiro atoms. The lowest BCUT2D eigenvalue weighted by atomic mass is 9.80. The summed E-state index contributed by atoms with van der Waals surface area (Å²) in [5.74, 6) is -5.68. The van der Waals surface area contributed by atoms with Crippen LogP contribution in [0.3, 0.4) is 0 Å². The van der Waals surface area contributed by atoms with Gasteiger partial charge in [-0.1, -0.05) is 81.4 Å². The number of rotatable bonds is 13. The maximum Gasteiger partial charge on any atom is 0.303 e. The van der Waals surface area contributed by atoms with Gasteiger partial charge in [-0.05, 0) is 22.3 Å². The van der Waals surface area contributed by atoms with Crippen molar-refractivity contribution in [1.82, 2.24) is 0 Å². The molecule has 2 aromatic rings. The van der Waals surface area contributed by atoms with E-state index in [1.54, 1.807) is 0 Å². The molecule has 1 aliphatic heterocycles. The summed E-state index contributed by atoms with van der Waals surface area (Å²) in [6.45, 7) is 12.0. The van der Waals surface area contributed by atoms with E-state index in [1.165, 1.54) is 21.0 Å². The number of esters is 4. The molecule has 0 aromatic heterocycles. The van der Waals surface area contributed by atoms with Crippen molar-refractivity contribution in [3.05, 3.63) is 60.7 Å². The highest BCUT2D eigenvalue weighted by Gasteiger charge is 2.67. The first-order valence-electron chi connectivity index (χ1n) is 15.8. The fraction of sp³-hybridized carbons (Fsp3) is 0.543. The van der Waals surface area contributed by atoms with E-state index in [1.807, 2.05) is 60.7 Å². The number of aliphatic hydroxyl groups is 1. The van der Waals surface area contributed by atoms with Crippen molar-refractivity contribution in [2.24, 2.45) is 0 Å². The minimum Gasteiger partial charge on any atom is -0.463 e. The zero-order valence-electron chi connectivity index (χ0n) is 29.1. The Hall–Kier alpha value is -3.62. The summed E-state index contributed by atoms with van der Waals surface area (Å²) in [6, 6.07) is 19.9. The predicted molar refractivity (Wildman–Crippen MR) is 177 cm³/mol. The second-order valence-corrected chi connectivity index (χ2v) is 17.3. The van der Waals surface area contributed by atoms with E-state index >= 15 is 0 Å². The van der Waals surface area contributed by atoms with E-state index in [0.717, 1.165) is 31.1 Å². The van der Waals surface area contributed by atoms with Crippen LogP contribution in [0.25, 0.3) is 0 Å². The molecule has 264 valence electrons. The van der Waals surface area contributed by atoms with Crippen molar-refractivity contribution >= 4 is 42.6 Å². The second-order valence-electron chi connectivity index (χ2n) is 13.0. The van der Waals surface area contributed by atoms with Gasteiger partial charge in [0.15, 0.2) is 18.3 Å². The third-order valence-corrected chi connectivity index (χ3v) is 13.6. The molecule has 48 heavy (non-hydrogen) atoms. The Morgan fingerprint density at radius 3 is 1.67 bits per heavy atom. The third-order valence-electron chi connectivity index (χ3n) is 8.58. The first-order chi connectivity index (χ1) is 22.4. The molecule has 1 unspecified atom stereocenters. The van der Waals surface area contributed by atoms with Crippen LogP contribution in [-0.2, 0) is 52.0 Å². The number of hydrogen-bond donors (Lipinski definition) is 1. The molecular weight excluding hydrogens is 640 g/mol. The van der Waals surface area contributed by atoms with Gasteiger partial charge in [0, 0.05) is 47.8 Å². The van der Waals surface area contributed by atoms with Gasteiger partial charge in [0.05, 0.1) is 0 Å². The maximum absolute atomic E-state index is 12.6. The fourth-order valence-electron chi connectivity index (χ4n) is 6.29. The molecule has 3 rings (SSSR count). The number of ether oxygens (including phenoxy) is 6. The van der Waals surface area contributed by atoms with Gasteiger partial charge in [0.1, 0.15) is 18.3 Å². The predicted octanol–water partition coefficient (Wildman–Crippen LogP) is 2.80. The van der Waals surface area contributed by atoms with Gasteiger partial charge >= 0.3 is 23.9 Å². The van der Waals surface area contributed by atoms with Crippen molar-refractivity contribution in [1.29, 1.82) is 0 Å². The van der Waals surface area contributed by atoms with Crippen LogP contribution in [0.1, 0.15) is 61.8 Å². The molecule has 1 saturated heterocycles. The summed E-state index contributed by atoms with van der Waals surface area (Å²) in [5, 5.41) is 14.3. The Labute approximate surface area is 283 Å². The number of methoxy groups -OCH3 is 1. The molecule has 1 heterocycles. The Bertz CT molecular complexity index is 1370. The van der Waals surface area contributed by atoms with E-state index in [2.05, 4.69) is 20.8 Å². The summed E-state index contributed by atoms with van der Waals surface area (Å²) in [6.07, 6.45) is -6.17. The quantitative estimate of drug-likeness (QED) is 0.187. The Balaban J connectivity index is 2.13. The van der Waals surface area contributed by atoms with Gasteiger partial charge in [-0.2, -0.15) is 0 Å². The first-order valence-corrected chi connectivity index (χ1v) is 17.7. The minimum absolute atomic E-state index is 0.0203. The normalized spacial score (nSPS) is 24.1. The SMILES string of the molecule is COC(C)(CCO[Si](c1ccccc1)(c1ccccc1)C(C)(C)C)[C@@]1(O)O[C@H](COC(C)=O)[C@@H](OC(C)=O)[C@H](OC(C)=O)[C@H]1OC(C)=O. The molecule has 0 radical (unpaired) electrons. The molecule has 0 aliphatic carbocycles. The molecule has 1 fully saturated rings. The monoisotopic (exact) mass is 688 g/mol. The summed E-state index contributed by atoms with van der Waals surface area (Å²) in [7, 11) is -1.69. The van der Waals surface area contributed by atoms with Crippen molar-refractivity contribution in [3.63, 3.8) is 0 Å². The van der Waals surface area contributed by atoms with Crippen LogP contribution in [0.5, 0.6) is 0 Å².